The van der Waals surface area contributed by atoms with Crippen LogP contribution in [0.5, 0.6) is 0 Å². The number of rotatable bonds is 7. The molecule has 1 aliphatic rings. The van der Waals surface area contributed by atoms with Crippen molar-refractivity contribution in [2.24, 2.45) is 0 Å². The first-order valence-electron chi connectivity index (χ1n) is 7.11. The van der Waals surface area contributed by atoms with Crippen molar-refractivity contribution in [3.63, 3.8) is 0 Å². The summed E-state index contributed by atoms with van der Waals surface area (Å²) < 4.78 is 27.1. The Morgan fingerprint density at radius 1 is 1.38 bits per heavy atom. The quantitative estimate of drug-likeness (QED) is 0.772. The number of aromatic nitrogens is 1. The van der Waals surface area contributed by atoms with Crippen LogP contribution >= 0.6 is 11.8 Å². The molecule has 0 spiro atoms. The van der Waals surface area contributed by atoms with E-state index in [0.29, 0.717) is 18.9 Å². The van der Waals surface area contributed by atoms with Gasteiger partial charge >= 0.3 is 0 Å². The molecule has 0 aromatic carbocycles. The maximum atomic E-state index is 12.2. The van der Waals surface area contributed by atoms with Gasteiger partial charge in [-0.1, -0.05) is 0 Å². The molecule has 21 heavy (non-hydrogen) atoms. The summed E-state index contributed by atoms with van der Waals surface area (Å²) in [6, 6.07) is 3.07. The van der Waals surface area contributed by atoms with E-state index in [4.69, 9.17) is 0 Å². The molecule has 1 aromatic rings. The van der Waals surface area contributed by atoms with Crippen LogP contribution in [0.25, 0.3) is 0 Å². The van der Waals surface area contributed by atoms with Crippen LogP contribution in [0.1, 0.15) is 6.92 Å². The zero-order valence-corrected chi connectivity index (χ0v) is 13.8. The number of nitrogens with one attached hydrogen (secondary N) is 2. The third-order valence-corrected chi connectivity index (χ3v) is 5.62. The number of thioether (sulfide) groups is 1. The van der Waals surface area contributed by atoms with Gasteiger partial charge in [0.25, 0.3) is 0 Å². The van der Waals surface area contributed by atoms with E-state index >= 15 is 0 Å². The fraction of sp³-hybridized carbons (Fsp3) is 0.615. The van der Waals surface area contributed by atoms with Crippen molar-refractivity contribution in [2.45, 2.75) is 11.8 Å². The maximum absolute atomic E-state index is 12.2. The Morgan fingerprint density at radius 2 is 2.14 bits per heavy atom. The van der Waals surface area contributed by atoms with Gasteiger partial charge in [0.2, 0.25) is 10.0 Å². The highest BCUT2D eigenvalue weighted by Gasteiger charge is 2.16. The first kappa shape index (κ1) is 16.5. The molecular formula is C13H22N4O2S2. The van der Waals surface area contributed by atoms with Crippen molar-refractivity contribution in [3.8, 4) is 0 Å². The molecule has 0 amide bonds. The van der Waals surface area contributed by atoms with E-state index in [9.17, 15) is 8.42 Å². The molecule has 1 saturated heterocycles. The molecule has 8 heteroatoms. The van der Waals surface area contributed by atoms with E-state index in [1.54, 1.807) is 6.07 Å². The second kappa shape index (κ2) is 7.98. The molecule has 1 aromatic heterocycles. The van der Waals surface area contributed by atoms with E-state index in [1.807, 2.05) is 18.7 Å². The highest BCUT2D eigenvalue weighted by molar-refractivity contribution is 7.99. The van der Waals surface area contributed by atoms with Gasteiger partial charge in [-0.05, 0) is 13.0 Å². The lowest BCUT2D eigenvalue weighted by atomic mass is 10.4. The van der Waals surface area contributed by atoms with Gasteiger partial charge in [-0.2, -0.15) is 11.8 Å². The van der Waals surface area contributed by atoms with Crippen LogP contribution in [0.2, 0.25) is 0 Å². The van der Waals surface area contributed by atoms with Crippen LogP contribution in [0.15, 0.2) is 23.2 Å². The number of pyridine rings is 1. The van der Waals surface area contributed by atoms with Gasteiger partial charge in [-0.3, -0.25) is 0 Å². The maximum Gasteiger partial charge on any atom is 0.240 e. The van der Waals surface area contributed by atoms with Crippen molar-refractivity contribution < 1.29 is 8.42 Å². The van der Waals surface area contributed by atoms with E-state index in [2.05, 4.69) is 19.9 Å². The van der Waals surface area contributed by atoms with Crippen LogP contribution in [0.4, 0.5) is 5.82 Å². The van der Waals surface area contributed by atoms with Crippen LogP contribution in [-0.2, 0) is 10.0 Å². The summed E-state index contributed by atoms with van der Waals surface area (Å²) in [6.07, 6.45) is 1.51. The lowest BCUT2D eigenvalue weighted by Gasteiger charge is -2.25. The normalized spacial score (nSPS) is 16.8. The van der Waals surface area contributed by atoms with Crippen molar-refractivity contribution in [2.75, 3.05) is 49.5 Å². The largest absolute Gasteiger partial charge is 0.370 e. The predicted molar refractivity (Wildman–Crippen MR) is 87.4 cm³/mol. The molecule has 0 atom stereocenters. The first-order chi connectivity index (χ1) is 10.1. The summed E-state index contributed by atoms with van der Waals surface area (Å²) in [5, 5.41) is 3.01. The van der Waals surface area contributed by atoms with Gasteiger partial charge < -0.3 is 10.2 Å². The van der Waals surface area contributed by atoms with Crippen molar-refractivity contribution in [1.82, 2.24) is 14.6 Å². The summed E-state index contributed by atoms with van der Waals surface area (Å²) in [7, 11) is -3.46. The molecule has 0 bridgehead atoms. The Labute approximate surface area is 130 Å². The van der Waals surface area contributed by atoms with Gasteiger partial charge in [0.1, 0.15) is 5.82 Å². The highest BCUT2D eigenvalue weighted by Crippen LogP contribution is 2.12. The Kier molecular flexibility index (Phi) is 6.28. The Bertz CT molecular complexity index is 545. The fourth-order valence-electron chi connectivity index (χ4n) is 2.10. The molecule has 6 nitrogen and oxygen atoms in total. The number of anilines is 1. The Balaban J connectivity index is 1.90. The minimum absolute atomic E-state index is 0.252. The topological polar surface area (TPSA) is 74.3 Å². The van der Waals surface area contributed by atoms with Gasteiger partial charge in [0, 0.05) is 56.5 Å². The standard InChI is InChI=1S/C13H22N4O2S2/c1-2-14-13-11-12(3-4-15-13)21(18,19)16-5-6-17-7-9-20-10-8-17/h3-4,11,16H,2,5-10H2,1H3,(H,14,15). The molecule has 0 saturated carbocycles. The molecule has 2 rings (SSSR count). The molecule has 2 heterocycles. The monoisotopic (exact) mass is 330 g/mol. The second-order valence-electron chi connectivity index (χ2n) is 4.76. The van der Waals surface area contributed by atoms with E-state index in [1.165, 1.54) is 12.3 Å². The van der Waals surface area contributed by atoms with Crippen LogP contribution in [0.3, 0.4) is 0 Å². The zero-order valence-electron chi connectivity index (χ0n) is 12.2. The minimum Gasteiger partial charge on any atom is -0.370 e. The predicted octanol–water partition coefficient (Wildman–Crippen LogP) is 0.840. The minimum atomic E-state index is -3.46. The molecule has 0 radical (unpaired) electrons. The lowest BCUT2D eigenvalue weighted by Crippen LogP contribution is -2.39. The van der Waals surface area contributed by atoms with Gasteiger partial charge in [0.05, 0.1) is 4.90 Å². The van der Waals surface area contributed by atoms with E-state index in [0.717, 1.165) is 31.1 Å². The number of sulfonamides is 1. The number of hydrogen-bond acceptors (Lipinski definition) is 6. The first-order valence-corrected chi connectivity index (χ1v) is 9.75. The van der Waals surface area contributed by atoms with Gasteiger partial charge in [-0.25, -0.2) is 18.1 Å². The molecule has 2 N–H and O–H groups in total. The van der Waals surface area contributed by atoms with Crippen molar-refractivity contribution in [3.05, 3.63) is 18.3 Å². The van der Waals surface area contributed by atoms with Crippen LogP contribution in [0, 0.1) is 0 Å². The third kappa shape index (κ3) is 5.14. The number of nitrogens with zero attached hydrogens (tertiary/aromatic N) is 2. The lowest BCUT2D eigenvalue weighted by molar-refractivity contribution is 0.307. The average molecular weight is 330 g/mol. The van der Waals surface area contributed by atoms with Crippen molar-refractivity contribution >= 4 is 27.6 Å². The molecule has 0 aliphatic carbocycles. The fourth-order valence-corrected chi connectivity index (χ4v) is 4.11. The van der Waals surface area contributed by atoms with Crippen LogP contribution < -0.4 is 10.0 Å². The van der Waals surface area contributed by atoms with Gasteiger partial charge in [0.15, 0.2) is 0 Å². The summed E-state index contributed by atoms with van der Waals surface area (Å²) >= 11 is 1.95. The smallest absolute Gasteiger partial charge is 0.240 e. The summed E-state index contributed by atoms with van der Waals surface area (Å²) in [5.41, 5.74) is 0. The van der Waals surface area contributed by atoms with Crippen LogP contribution in [-0.4, -0.2) is 62.5 Å². The molecule has 1 aliphatic heterocycles. The summed E-state index contributed by atoms with van der Waals surface area (Å²) in [6.45, 7) is 5.91. The highest BCUT2D eigenvalue weighted by atomic mass is 32.2. The van der Waals surface area contributed by atoms with E-state index < -0.39 is 10.0 Å². The number of hydrogen-bond donors (Lipinski definition) is 2. The second-order valence-corrected chi connectivity index (χ2v) is 7.75. The summed E-state index contributed by atoms with van der Waals surface area (Å²) in [5.74, 6) is 2.83. The SMILES string of the molecule is CCNc1cc(S(=O)(=O)NCCN2CCSCC2)ccn1. The van der Waals surface area contributed by atoms with Gasteiger partial charge in [-0.15, -0.1) is 0 Å². The average Bonchev–Trinajstić information content (AvgIpc) is 2.49. The third-order valence-electron chi connectivity index (χ3n) is 3.22. The summed E-state index contributed by atoms with van der Waals surface area (Å²) in [4.78, 5) is 6.62. The Morgan fingerprint density at radius 3 is 2.86 bits per heavy atom. The Hall–Kier alpha value is -0.830. The zero-order chi connectivity index (χ0) is 15.1. The van der Waals surface area contributed by atoms with Crippen molar-refractivity contribution in [1.29, 1.82) is 0 Å². The molecule has 118 valence electrons. The molecule has 1 fully saturated rings. The molecule has 0 unspecified atom stereocenters. The van der Waals surface area contributed by atoms with E-state index in [-0.39, 0.29) is 4.90 Å². The molecular weight excluding hydrogens is 308 g/mol.